The van der Waals surface area contributed by atoms with E-state index in [9.17, 15) is 45.6 Å². The molecule has 103 heavy (non-hydrogen) atoms. The monoisotopic (exact) mass is 1460 g/mol. The average molecular weight is 1460 g/mol. The van der Waals surface area contributed by atoms with E-state index >= 15 is 0 Å². The van der Waals surface area contributed by atoms with E-state index in [1.165, 1.54) is 353 Å². The summed E-state index contributed by atoms with van der Waals surface area (Å²) in [6.07, 6.45) is 81.4. The molecule has 0 spiro atoms. The van der Waals surface area contributed by atoms with Crippen molar-refractivity contribution in [2.45, 2.75) is 505 Å². The second-order valence-electron chi connectivity index (χ2n) is 31.7. The van der Waals surface area contributed by atoms with Crippen LogP contribution in [0.15, 0.2) is 36.5 Å². The van der Waals surface area contributed by atoms with Crippen molar-refractivity contribution in [3.8, 4) is 0 Å². The highest BCUT2D eigenvalue weighted by Gasteiger charge is 2.51. The van der Waals surface area contributed by atoms with Gasteiger partial charge in [0.05, 0.1) is 32.0 Å². The molecule has 12 unspecified atom stereocenters. The molecule has 0 aromatic carbocycles. The largest absolute Gasteiger partial charge is 0.394 e. The van der Waals surface area contributed by atoms with Crippen LogP contribution in [0.3, 0.4) is 0 Å². The van der Waals surface area contributed by atoms with E-state index in [4.69, 9.17) is 18.9 Å². The SMILES string of the molecule is CCCCCCCCCCCCCCCCCCCCCCCCC/C=C/CC/C=C/CC/C=C/C(O)C(COC1OC(CO)C(OC2OC(CO)C(O)C(O)C2O)C(O)C1O)NC(=O)CCCCCCCCCCCCCCCCCCCCCCCCCCCCCCCCCCCCCC. The smallest absolute Gasteiger partial charge is 0.220 e. The molecule has 2 aliphatic rings. The molecule has 2 heterocycles. The van der Waals surface area contributed by atoms with E-state index < -0.39 is 86.8 Å². The number of unbranched alkanes of at least 4 members (excludes halogenated alkanes) is 60. The number of hydrogen-bond acceptors (Lipinski definition) is 13. The van der Waals surface area contributed by atoms with Crippen LogP contribution >= 0.6 is 0 Å². The molecule has 12 atom stereocenters. The Morgan fingerprint density at radius 2 is 0.621 bits per heavy atom. The fraction of sp³-hybridized carbons (Fsp3) is 0.921. The molecule has 14 heteroatoms. The van der Waals surface area contributed by atoms with Crippen LogP contribution in [0.5, 0.6) is 0 Å². The number of carbonyl (C=O) groups excluding carboxylic acids is 1. The van der Waals surface area contributed by atoms with Crippen LogP contribution in [0.4, 0.5) is 0 Å². The number of carbonyl (C=O) groups is 1. The lowest BCUT2D eigenvalue weighted by molar-refractivity contribution is -0.359. The first kappa shape index (κ1) is 97.3. The lowest BCUT2D eigenvalue weighted by Crippen LogP contribution is -2.65. The highest BCUT2D eigenvalue weighted by atomic mass is 16.7. The van der Waals surface area contributed by atoms with Gasteiger partial charge < -0.3 is 65.1 Å². The maximum Gasteiger partial charge on any atom is 0.220 e. The van der Waals surface area contributed by atoms with E-state index in [0.29, 0.717) is 12.8 Å². The number of aliphatic hydroxyl groups excluding tert-OH is 8. The van der Waals surface area contributed by atoms with Gasteiger partial charge in [-0.3, -0.25) is 4.79 Å². The van der Waals surface area contributed by atoms with E-state index in [0.717, 1.165) is 44.9 Å². The zero-order valence-electron chi connectivity index (χ0n) is 67.1. The molecule has 9 N–H and O–H groups in total. The van der Waals surface area contributed by atoms with Gasteiger partial charge in [0.2, 0.25) is 5.91 Å². The summed E-state index contributed by atoms with van der Waals surface area (Å²) in [5.41, 5.74) is 0. The summed E-state index contributed by atoms with van der Waals surface area (Å²) in [5.74, 6) is -0.244. The number of nitrogens with one attached hydrogen (secondary N) is 1. The van der Waals surface area contributed by atoms with Gasteiger partial charge in [0, 0.05) is 6.42 Å². The van der Waals surface area contributed by atoms with Crippen molar-refractivity contribution in [3.63, 3.8) is 0 Å². The van der Waals surface area contributed by atoms with Crippen LogP contribution in [-0.2, 0) is 23.7 Å². The zero-order valence-corrected chi connectivity index (χ0v) is 67.1. The van der Waals surface area contributed by atoms with Crippen LogP contribution < -0.4 is 5.32 Å². The highest BCUT2D eigenvalue weighted by Crippen LogP contribution is 2.31. The first-order valence-electron chi connectivity index (χ1n) is 44.7. The number of rotatable bonds is 77. The predicted octanol–water partition coefficient (Wildman–Crippen LogP) is 21.5. The van der Waals surface area contributed by atoms with Gasteiger partial charge in [-0.2, -0.15) is 0 Å². The molecular weight excluding hydrogens is 1290 g/mol. The Kier molecular flexibility index (Phi) is 69.0. The second kappa shape index (κ2) is 73.0. The van der Waals surface area contributed by atoms with Gasteiger partial charge in [-0.25, -0.2) is 0 Å². The molecule has 608 valence electrons. The minimum atomic E-state index is -1.79. The van der Waals surface area contributed by atoms with Crippen LogP contribution in [0.1, 0.15) is 431 Å². The Labute approximate surface area is 633 Å². The number of hydrogen-bond donors (Lipinski definition) is 9. The lowest BCUT2D eigenvalue weighted by Gasteiger charge is -2.46. The summed E-state index contributed by atoms with van der Waals surface area (Å²) in [5, 5.41) is 87.8. The number of ether oxygens (including phenoxy) is 4. The third kappa shape index (κ3) is 55.3. The standard InChI is InChI=1S/C89H169NO13/c1-3-5-7-9-11-13-15-17-19-21-23-25-27-29-31-33-35-37-38-39-41-43-45-47-49-51-53-55-57-59-61-63-65-67-69-71-73-81(94)90-77(76-100-88-86(99)84(97)87(80(75-92)102-88)103-89-85(98)83(96)82(95)79(74-91)101-89)78(93)72-70-68-66-64-62-60-58-56-54-52-50-48-46-44-42-40-36-34-32-30-28-26-24-22-20-18-16-14-12-10-8-6-4-2/h54,56,62,64,70,72,77-80,82-89,91-93,95-99H,3-53,55,57-61,63,65-69,71,73-76H2,1-2H3,(H,90,94)/b56-54+,64-62+,72-70+. The summed E-state index contributed by atoms with van der Waals surface area (Å²) in [7, 11) is 0. The maximum absolute atomic E-state index is 13.4. The molecule has 1 amide bonds. The molecule has 0 aromatic heterocycles. The predicted molar refractivity (Wildman–Crippen MR) is 429 cm³/mol. The zero-order chi connectivity index (χ0) is 74.4. The van der Waals surface area contributed by atoms with Crippen molar-refractivity contribution < 1.29 is 64.6 Å². The van der Waals surface area contributed by atoms with Crippen molar-refractivity contribution in [2.75, 3.05) is 19.8 Å². The van der Waals surface area contributed by atoms with Crippen molar-refractivity contribution >= 4 is 5.91 Å². The number of aliphatic hydroxyl groups is 8. The summed E-state index contributed by atoms with van der Waals surface area (Å²) < 4.78 is 22.9. The molecule has 0 radical (unpaired) electrons. The molecule has 2 saturated heterocycles. The molecule has 0 aromatic rings. The fourth-order valence-corrected chi connectivity index (χ4v) is 15.0. The molecular formula is C89H169NO13. The maximum atomic E-state index is 13.4. The van der Waals surface area contributed by atoms with Gasteiger partial charge in [0.25, 0.3) is 0 Å². The van der Waals surface area contributed by atoms with E-state index in [1.807, 2.05) is 6.08 Å². The Bertz CT molecular complexity index is 1870. The summed E-state index contributed by atoms with van der Waals surface area (Å²) >= 11 is 0. The third-order valence-electron chi connectivity index (χ3n) is 22.1. The first-order chi connectivity index (χ1) is 50.6. The molecule has 0 saturated carbocycles. The Morgan fingerprint density at radius 1 is 0.340 bits per heavy atom. The van der Waals surface area contributed by atoms with Crippen molar-refractivity contribution in [3.05, 3.63) is 36.5 Å². The normalized spacial score (nSPS) is 21.7. The van der Waals surface area contributed by atoms with Crippen molar-refractivity contribution in [2.24, 2.45) is 0 Å². The Hall–Kier alpha value is -1.79. The quantitative estimate of drug-likeness (QED) is 0.0204. The van der Waals surface area contributed by atoms with E-state index in [-0.39, 0.29) is 18.9 Å². The lowest BCUT2D eigenvalue weighted by atomic mass is 9.97. The number of amides is 1. The van der Waals surface area contributed by atoms with Gasteiger partial charge in [-0.05, 0) is 44.9 Å². The molecule has 0 aliphatic carbocycles. The van der Waals surface area contributed by atoms with Crippen LogP contribution in [0, 0.1) is 0 Å². The molecule has 2 fully saturated rings. The van der Waals surface area contributed by atoms with Crippen LogP contribution in [0.2, 0.25) is 0 Å². The molecule has 2 rings (SSSR count). The van der Waals surface area contributed by atoms with Gasteiger partial charge in [0.1, 0.15) is 48.8 Å². The summed E-state index contributed by atoms with van der Waals surface area (Å²) in [6.45, 7) is 2.86. The van der Waals surface area contributed by atoms with E-state index in [1.54, 1.807) is 6.08 Å². The number of allylic oxidation sites excluding steroid dienone is 5. The second-order valence-corrected chi connectivity index (χ2v) is 31.7. The van der Waals surface area contributed by atoms with Gasteiger partial charge in [0.15, 0.2) is 12.6 Å². The topological polar surface area (TPSA) is 228 Å². The third-order valence-corrected chi connectivity index (χ3v) is 22.1. The van der Waals surface area contributed by atoms with Gasteiger partial charge in [-0.15, -0.1) is 0 Å². The average Bonchev–Trinajstić information content (AvgIpc) is 0.791. The molecule has 14 nitrogen and oxygen atoms in total. The summed E-state index contributed by atoms with van der Waals surface area (Å²) in [6, 6.07) is -0.939. The Morgan fingerprint density at radius 3 is 0.951 bits per heavy atom. The fourth-order valence-electron chi connectivity index (χ4n) is 15.0. The first-order valence-corrected chi connectivity index (χ1v) is 44.7. The summed E-state index contributed by atoms with van der Waals surface area (Å²) in [4.78, 5) is 13.4. The molecule has 2 aliphatic heterocycles. The molecule has 0 bridgehead atoms. The van der Waals surface area contributed by atoms with Gasteiger partial charge >= 0.3 is 0 Å². The van der Waals surface area contributed by atoms with Crippen molar-refractivity contribution in [1.29, 1.82) is 0 Å². The van der Waals surface area contributed by atoms with Crippen molar-refractivity contribution in [1.82, 2.24) is 5.32 Å². The van der Waals surface area contributed by atoms with E-state index in [2.05, 4.69) is 43.5 Å². The van der Waals surface area contributed by atoms with Crippen LogP contribution in [-0.4, -0.2) is 140 Å². The highest BCUT2D eigenvalue weighted by molar-refractivity contribution is 5.76. The minimum Gasteiger partial charge on any atom is -0.394 e. The van der Waals surface area contributed by atoms with Crippen LogP contribution in [0.25, 0.3) is 0 Å². The Balaban J connectivity index is 1.58. The minimum absolute atomic E-state index is 0.244. The van der Waals surface area contributed by atoms with Gasteiger partial charge in [-0.1, -0.05) is 416 Å².